The molecule has 9 nitrogen and oxygen atoms in total. The molecule has 1 aliphatic rings. The molecule has 0 spiro atoms. The van der Waals surface area contributed by atoms with Crippen LogP contribution in [0.15, 0.2) is 46.8 Å². The largest absolute Gasteiger partial charge is 0.478 e. The molecule has 9 heteroatoms. The van der Waals surface area contributed by atoms with Gasteiger partial charge in [-0.15, -0.1) is 0 Å². The summed E-state index contributed by atoms with van der Waals surface area (Å²) >= 11 is 0. The van der Waals surface area contributed by atoms with Gasteiger partial charge in [0.2, 0.25) is 0 Å². The number of hydrogen-bond acceptors (Lipinski definition) is 7. The molecule has 0 aromatic heterocycles. The number of nitrogens with one attached hydrogen (secondary N) is 1. The molecule has 0 saturated carbocycles. The van der Waals surface area contributed by atoms with Crippen molar-refractivity contribution >= 4 is 17.6 Å². The predicted molar refractivity (Wildman–Crippen MR) is 97.7 cm³/mol. The van der Waals surface area contributed by atoms with Gasteiger partial charge in [0.05, 0.1) is 34.0 Å². The van der Waals surface area contributed by atoms with E-state index in [0.717, 1.165) is 0 Å². The zero-order valence-corrected chi connectivity index (χ0v) is 15.6. The number of nitro groups is 1. The van der Waals surface area contributed by atoms with Crippen molar-refractivity contribution in [1.29, 1.82) is 5.26 Å². The maximum Gasteiger partial charge on any atom is 0.336 e. The van der Waals surface area contributed by atoms with Crippen molar-refractivity contribution in [2.24, 2.45) is 5.92 Å². The average molecular weight is 385 g/mol. The molecule has 0 saturated heterocycles. The number of carbonyl (C=O) groups excluding carboxylic acids is 1. The van der Waals surface area contributed by atoms with Crippen molar-refractivity contribution in [2.45, 2.75) is 26.7 Å². The van der Waals surface area contributed by atoms with Gasteiger partial charge in [-0.05, 0) is 20.8 Å². The number of carbonyl (C=O) groups is 2. The minimum Gasteiger partial charge on any atom is -0.478 e. The van der Waals surface area contributed by atoms with Crippen molar-refractivity contribution < 1.29 is 24.4 Å². The number of para-hydroxylation sites is 1. The van der Waals surface area contributed by atoms with E-state index in [9.17, 15) is 24.8 Å². The van der Waals surface area contributed by atoms with E-state index in [-0.39, 0.29) is 34.7 Å². The zero-order chi connectivity index (χ0) is 21.0. The molecule has 1 heterocycles. The van der Waals surface area contributed by atoms with Gasteiger partial charge < -0.3 is 15.2 Å². The van der Waals surface area contributed by atoms with Crippen molar-refractivity contribution in [3.05, 3.63) is 62.5 Å². The number of benzene rings is 1. The van der Waals surface area contributed by atoms with E-state index in [1.165, 1.54) is 31.2 Å². The number of allylic oxidation sites excluding steroid dienone is 2. The van der Waals surface area contributed by atoms with Crippen LogP contribution in [-0.2, 0) is 14.3 Å². The summed E-state index contributed by atoms with van der Waals surface area (Å²) in [6, 6.07) is 7.60. The van der Waals surface area contributed by atoms with E-state index in [1.54, 1.807) is 13.8 Å². The summed E-state index contributed by atoms with van der Waals surface area (Å²) in [7, 11) is 0. The second-order valence-corrected chi connectivity index (χ2v) is 6.39. The number of esters is 1. The molecule has 2 rings (SSSR count). The fourth-order valence-corrected chi connectivity index (χ4v) is 3.07. The molecule has 146 valence electrons. The number of nitrogens with zero attached hydrogens (tertiary/aromatic N) is 2. The highest BCUT2D eigenvalue weighted by Gasteiger charge is 2.40. The number of nitro benzene ring substituents is 1. The van der Waals surface area contributed by atoms with Crippen molar-refractivity contribution in [1.82, 2.24) is 5.32 Å². The van der Waals surface area contributed by atoms with Crippen molar-refractivity contribution in [3.63, 3.8) is 0 Å². The van der Waals surface area contributed by atoms with Crippen LogP contribution < -0.4 is 5.32 Å². The maximum absolute atomic E-state index is 12.8. The molecule has 0 amide bonds. The number of dihydropyridines is 1. The Labute approximate surface area is 161 Å². The lowest BCUT2D eigenvalue weighted by atomic mass is 9.79. The first-order valence-corrected chi connectivity index (χ1v) is 8.40. The second kappa shape index (κ2) is 8.35. The average Bonchev–Trinajstić information content (AvgIpc) is 2.64. The van der Waals surface area contributed by atoms with E-state index in [2.05, 4.69) is 5.32 Å². The Morgan fingerprint density at radius 3 is 2.50 bits per heavy atom. The molecule has 2 atom stereocenters. The third-order valence-corrected chi connectivity index (χ3v) is 4.34. The summed E-state index contributed by atoms with van der Waals surface area (Å²) in [6.45, 7) is 4.48. The van der Waals surface area contributed by atoms with Crippen LogP contribution >= 0.6 is 0 Å². The van der Waals surface area contributed by atoms with Gasteiger partial charge in [0.15, 0.2) is 0 Å². The first kappa shape index (κ1) is 20.6. The van der Waals surface area contributed by atoms with Crippen LogP contribution in [0.3, 0.4) is 0 Å². The highest BCUT2D eigenvalue weighted by Crippen LogP contribution is 2.42. The number of hydrogen-bond donors (Lipinski definition) is 2. The maximum atomic E-state index is 12.8. The Bertz CT molecular complexity index is 941. The Kier molecular flexibility index (Phi) is 6.15. The summed E-state index contributed by atoms with van der Waals surface area (Å²) in [5.74, 6) is -3.88. The second-order valence-electron chi connectivity index (χ2n) is 6.39. The normalized spacial score (nSPS) is 17.4. The quantitative estimate of drug-likeness (QED) is 0.432. The third kappa shape index (κ3) is 4.01. The van der Waals surface area contributed by atoms with E-state index >= 15 is 0 Å². The van der Waals surface area contributed by atoms with Gasteiger partial charge in [0.1, 0.15) is 6.61 Å². The first-order valence-electron chi connectivity index (χ1n) is 8.40. The van der Waals surface area contributed by atoms with Crippen LogP contribution in [-0.4, -0.2) is 28.6 Å². The summed E-state index contributed by atoms with van der Waals surface area (Å²) in [5, 5.41) is 32.9. The number of rotatable bonds is 6. The van der Waals surface area contributed by atoms with Crippen LogP contribution in [0.25, 0.3) is 0 Å². The molecule has 1 aromatic rings. The number of carboxylic acid groups (broad SMARTS) is 1. The lowest BCUT2D eigenvalue weighted by molar-refractivity contribution is -0.385. The number of nitriles is 1. The lowest BCUT2D eigenvalue weighted by Gasteiger charge is -2.29. The summed E-state index contributed by atoms with van der Waals surface area (Å²) in [6.07, 6.45) is 0. The van der Waals surface area contributed by atoms with Gasteiger partial charge in [0, 0.05) is 23.0 Å². The minimum absolute atomic E-state index is 0.0394. The number of ether oxygens (including phenoxy) is 1. The van der Waals surface area contributed by atoms with Crippen LogP contribution in [0, 0.1) is 27.4 Å². The number of aliphatic carboxylic acids is 1. The van der Waals surface area contributed by atoms with Crippen molar-refractivity contribution in [2.75, 3.05) is 6.61 Å². The van der Waals surface area contributed by atoms with E-state index in [4.69, 9.17) is 10.00 Å². The Morgan fingerprint density at radius 2 is 1.93 bits per heavy atom. The Hall–Kier alpha value is -3.67. The first-order chi connectivity index (χ1) is 13.2. The fourth-order valence-electron chi connectivity index (χ4n) is 3.07. The Balaban J connectivity index is 2.64. The molecule has 0 fully saturated rings. The van der Waals surface area contributed by atoms with Crippen LogP contribution in [0.4, 0.5) is 5.69 Å². The van der Waals surface area contributed by atoms with Gasteiger partial charge in [-0.3, -0.25) is 10.1 Å². The smallest absolute Gasteiger partial charge is 0.336 e. The molecule has 1 aliphatic heterocycles. The van der Waals surface area contributed by atoms with E-state index < -0.39 is 28.7 Å². The minimum atomic E-state index is -1.31. The van der Waals surface area contributed by atoms with Gasteiger partial charge in [-0.25, -0.2) is 9.59 Å². The predicted octanol–water partition coefficient (Wildman–Crippen LogP) is 2.62. The monoisotopic (exact) mass is 385 g/mol. The van der Waals surface area contributed by atoms with Gasteiger partial charge in [-0.1, -0.05) is 18.2 Å². The molecule has 0 bridgehead atoms. The highest BCUT2D eigenvalue weighted by atomic mass is 16.6. The topological polar surface area (TPSA) is 143 Å². The SMILES string of the molecule is CC1=C(C(=O)O)C(c2ccccc2[N+](=O)[O-])C(C(=O)OCC(C)C#N)=C(C)N1. The van der Waals surface area contributed by atoms with Gasteiger partial charge in [0.25, 0.3) is 5.69 Å². The fraction of sp³-hybridized carbons (Fsp3) is 0.316. The van der Waals surface area contributed by atoms with Crippen LogP contribution in [0.5, 0.6) is 0 Å². The van der Waals surface area contributed by atoms with Gasteiger partial charge >= 0.3 is 11.9 Å². The molecule has 0 radical (unpaired) electrons. The molecule has 28 heavy (non-hydrogen) atoms. The van der Waals surface area contributed by atoms with E-state index in [0.29, 0.717) is 5.70 Å². The van der Waals surface area contributed by atoms with Crippen molar-refractivity contribution in [3.8, 4) is 6.07 Å². The molecule has 2 unspecified atom stereocenters. The molecule has 0 aliphatic carbocycles. The molecule has 2 N–H and O–H groups in total. The third-order valence-electron chi connectivity index (χ3n) is 4.34. The summed E-state index contributed by atoms with van der Waals surface area (Å²) in [5.41, 5.74) is 0.160. The molecular formula is C19H19N3O6. The zero-order valence-electron chi connectivity index (χ0n) is 15.6. The Morgan fingerprint density at radius 1 is 1.32 bits per heavy atom. The van der Waals surface area contributed by atoms with E-state index in [1.807, 2.05) is 6.07 Å². The summed E-state index contributed by atoms with van der Waals surface area (Å²) in [4.78, 5) is 35.6. The standard InChI is InChI=1S/C19H19N3O6/c1-10(8-20)9-28-19(25)16-12(3)21-11(2)15(18(23)24)17(16)13-6-4-5-7-14(13)22(26)27/h4-7,10,17,21H,9H2,1-3H3,(H,23,24). The summed E-state index contributed by atoms with van der Waals surface area (Å²) < 4.78 is 5.18. The molecular weight excluding hydrogens is 366 g/mol. The van der Waals surface area contributed by atoms with Gasteiger partial charge in [-0.2, -0.15) is 5.26 Å². The van der Waals surface area contributed by atoms with Crippen LogP contribution in [0.2, 0.25) is 0 Å². The van der Waals surface area contributed by atoms with Crippen LogP contribution in [0.1, 0.15) is 32.3 Å². The number of carboxylic acids is 1. The molecule has 1 aromatic carbocycles. The highest BCUT2D eigenvalue weighted by molar-refractivity contribution is 5.99. The lowest BCUT2D eigenvalue weighted by Crippen LogP contribution is -2.32.